The Morgan fingerprint density at radius 3 is 2.62 bits per heavy atom. The quantitative estimate of drug-likeness (QED) is 0.873. The van der Waals surface area contributed by atoms with Crippen molar-refractivity contribution in [3.05, 3.63) is 58.0 Å². The van der Waals surface area contributed by atoms with Crippen LogP contribution in [-0.2, 0) is 12.0 Å². The van der Waals surface area contributed by atoms with Gasteiger partial charge in [-0.05, 0) is 48.4 Å². The summed E-state index contributed by atoms with van der Waals surface area (Å²) in [6, 6.07) is 10.3. The summed E-state index contributed by atoms with van der Waals surface area (Å²) in [4.78, 5) is 13.2. The van der Waals surface area contributed by atoms with Crippen molar-refractivity contribution in [3.63, 3.8) is 0 Å². The van der Waals surface area contributed by atoms with Gasteiger partial charge in [0.25, 0.3) is 0 Å². The number of carbonyl (C=O) groups excluding carboxylic acids is 1. The number of thiophene rings is 1. The van der Waals surface area contributed by atoms with Crippen molar-refractivity contribution in [2.24, 2.45) is 0 Å². The van der Waals surface area contributed by atoms with Gasteiger partial charge in [0, 0.05) is 11.4 Å². The van der Waals surface area contributed by atoms with Crippen LogP contribution in [0.15, 0.2) is 41.8 Å². The maximum atomic E-state index is 13.0. The third-order valence-electron chi connectivity index (χ3n) is 3.74. The minimum Gasteiger partial charge on any atom is -0.338 e. The van der Waals surface area contributed by atoms with Gasteiger partial charge in [0.05, 0.1) is 5.54 Å². The van der Waals surface area contributed by atoms with Crippen molar-refractivity contribution < 1.29 is 9.18 Å². The van der Waals surface area contributed by atoms with Gasteiger partial charge in [0.2, 0.25) is 0 Å². The molecule has 1 aliphatic rings. The number of benzene rings is 1. The maximum Gasteiger partial charge on any atom is 0.315 e. The van der Waals surface area contributed by atoms with Crippen LogP contribution >= 0.6 is 11.3 Å². The van der Waals surface area contributed by atoms with Crippen LogP contribution in [-0.4, -0.2) is 12.6 Å². The highest BCUT2D eigenvalue weighted by Gasteiger charge is 2.45. The van der Waals surface area contributed by atoms with E-state index < -0.39 is 0 Å². The lowest BCUT2D eigenvalue weighted by atomic mass is 10.1. The summed E-state index contributed by atoms with van der Waals surface area (Å²) in [5.41, 5.74) is 0.665. The van der Waals surface area contributed by atoms with Crippen LogP contribution in [0.3, 0.4) is 0 Å². The molecule has 5 heteroatoms. The van der Waals surface area contributed by atoms with Gasteiger partial charge >= 0.3 is 6.03 Å². The predicted molar refractivity (Wildman–Crippen MR) is 81.9 cm³/mol. The van der Waals surface area contributed by atoms with E-state index in [1.54, 1.807) is 23.5 Å². The first-order chi connectivity index (χ1) is 10.2. The van der Waals surface area contributed by atoms with Crippen LogP contribution in [0, 0.1) is 5.82 Å². The fourth-order valence-corrected chi connectivity index (χ4v) is 3.10. The molecular weight excluding hydrogens is 287 g/mol. The molecule has 0 radical (unpaired) electrons. The SMILES string of the molecule is O=C(NCCc1cccs1)NC1(c2ccc(F)cc2)CC1. The summed E-state index contributed by atoms with van der Waals surface area (Å²) in [6.07, 6.45) is 2.64. The third kappa shape index (κ3) is 3.42. The Morgan fingerprint density at radius 2 is 2.00 bits per heavy atom. The van der Waals surface area contributed by atoms with Crippen molar-refractivity contribution in [2.75, 3.05) is 6.54 Å². The van der Waals surface area contributed by atoms with Crippen molar-refractivity contribution >= 4 is 17.4 Å². The fraction of sp³-hybridized carbons (Fsp3) is 0.312. The summed E-state index contributed by atoms with van der Waals surface area (Å²) in [6.45, 7) is 0.617. The van der Waals surface area contributed by atoms with E-state index in [1.807, 2.05) is 11.4 Å². The Kier molecular flexibility index (Phi) is 3.92. The Labute approximate surface area is 127 Å². The molecule has 1 fully saturated rings. The summed E-state index contributed by atoms with van der Waals surface area (Å²) >= 11 is 1.69. The molecule has 1 heterocycles. The van der Waals surface area contributed by atoms with Gasteiger partial charge in [-0.1, -0.05) is 18.2 Å². The van der Waals surface area contributed by atoms with E-state index in [4.69, 9.17) is 0 Å². The zero-order valence-electron chi connectivity index (χ0n) is 11.6. The van der Waals surface area contributed by atoms with Crippen molar-refractivity contribution in [1.82, 2.24) is 10.6 Å². The highest BCUT2D eigenvalue weighted by molar-refractivity contribution is 7.09. The number of halogens is 1. The maximum absolute atomic E-state index is 13.0. The summed E-state index contributed by atoms with van der Waals surface area (Å²) in [7, 11) is 0. The molecule has 1 aromatic heterocycles. The smallest absolute Gasteiger partial charge is 0.315 e. The first kappa shape index (κ1) is 14.1. The van der Waals surface area contributed by atoms with Crippen LogP contribution in [0.4, 0.5) is 9.18 Å². The van der Waals surface area contributed by atoms with Crippen molar-refractivity contribution in [3.8, 4) is 0 Å². The van der Waals surface area contributed by atoms with Crippen molar-refractivity contribution in [2.45, 2.75) is 24.8 Å². The summed E-state index contributed by atoms with van der Waals surface area (Å²) in [5.74, 6) is -0.255. The van der Waals surface area contributed by atoms with E-state index in [-0.39, 0.29) is 17.4 Å². The molecule has 0 atom stereocenters. The second-order valence-corrected chi connectivity index (χ2v) is 6.33. The van der Waals surface area contributed by atoms with Gasteiger partial charge < -0.3 is 10.6 Å². The van der Waals surface area contributed by atoms with E-state index in [0.29, 0.717) is 6.54 Å². The zero-order chi connectivity index (χ0) is 14.7. The lowest BCUT2D eigenvalue weighted by molar-refractivity contribution is 0.236. The number of carbonyl (C=O) groups is 1. The Balaban J connectivity index is 1.51. The first-order valence-corrected chi connectivity index (χ1v) is 7.90. The molecule has 0 unspecified atom stereocenters. The Bertz CT molecular complexity index is 606. The second-order valence-electron chi connectivity index (χ2n) is 5.30. The third-order valence-corrected chi connectivity index (χ3v) is 4.67. The van der Waals surface area contributed by atoms with Gasteiger partial charge in [-0.2, -0.15) is 0 Å². The number of urea groups is 1. The number of rotatable bonds is 5. The molecule has 0 bridgehead atoms. The van der Waals surface area contributed by atoms with Gasteiger partial charge in [-0.15, -0.1) is 11.3 Å². The van der Waals surface area contributed by atoms with E-state index in [0.717, 1.165) is 24.8 Å². The predicted octanol–water partition coefficient (Wildman–Crippen LogP) is 3.42. The molecule has 3 nitrogen and oxygen atoms in total. The van der Waals surface area contributed by atoms with Crippen LogP contribution in [0.2, 0.25) is 0 Å². The molecule has 3 rings (SSSR count). The van der Waals surface area contributed by atoms with Gasteiger partial charge in [-0.3, -0.25) is 0 Å². The molecule has 0 spiro atoms. The lowest BCUT2D eigenvalue weighted by Crippen LogP contribution is -2.42. The van der Waals surface area contributed by atoms with Crippen molar-refractivity contribution in [1.29, 1.82) is 0 Å². The summed E-state index contributed by atoms with van der Waals surface area (Å²) < 4.78 is 13.0. The van der Waals surface area contributed by atoms with Gasteiger partial charge in [-0.25, -0.2) is 9.18 Å². The Hall–Kier alpha value is -1.88. The first-order valence-electron chi connectivity index (χ1n) is 7.02. The minimum absolute atomic E-state index is 0.159. The minimum atomic E-state index is -0.305. The lowest BCUT2D eigenvalue weighted by Gasteiger charge is -2.18. The number of hydrogen-bond donors (Lipinski definition) is 2. The topological polar surface area (TPSA) is 41.1 Å². The molecule has 1 aromatic carbocycles. The molecule has 110 valence electrons. The summed E-state index contributed by atoms with van der Waals surface area (Å²) in [5, 5.41) is 7.93. The average Bonchev–Trinajstić information content (AvgIpc) is 3.05. The van der Waals surface area contributed by atoms with Crippen LogP contribution in [0.5, 0.6) is 0 Å². The highest BCUT2D eigenvalue weighted by Crippen LogP contribution is 2.45. The van der Waals surface area contributed by atoms with E-state index in [9.17, 15) is 9.18 Å². The number of nitrogens with one attached hydrogen (secondary N) is 2. The molecule has 2 aromatic rings. The average molecular weight is 304 g/mol. The van der Waals surface area contributed by atoms with E-state index in [1.165, 1.54) is 17.0 Å². The standard InChI is InChI=1S/C16H17FN2OS/c17-13-5-3-12(4-6-13)16(8-9-16)19-15(20)18-10-7-14-2-1-11-21-14/h1-6,11H,7-10H2,(H2,18,19,20). The fourth-order valence-electron chi connectivity index (χ4n) is 2.40. The Morgan fingerprint density at radius 1 is 1.24 bits per heavy atom. The molecule has 0 aliphatic heterocycles. The molecule has 21 heavy (non-hydrogen) atoms. The van der Waals surface area contributed by atoms with Gasteiger partial charge in [0.1, 0.15) is 5.82 Å². The molecule has 2 amide bonds. The normalized spacial score (nSPS) is 15.5. The monoisotopic (exact) mass is 304 g/mol. The van der Waals surface area contributed by atoms with Gasteiger partial charge in [0.15, 0.2) is 0 Å². The molecule has 0 saturated heterocycles. The van der Waals surface area contributed by atoms with Crippen LogP contribution < -0.4 is 10.6 Å². The molecule has 2 N–H and O–H groups in total. The van der Waals surface area contributed by atoms with Crippen LogP contribution in [0.25, 0.3) is 0 Å². The van der Waals surface area contributed by atoms with Crippen LogP contribution in [0.1, 0.15) is 23.3 Å². The highest BCUT2D eigenvalue weighted by atomic mass is 32.1. The van der Waals surface area contributed by atoms with E-state index >= 15 is 0 Å². The zero-order valence-corrected chi connectivity index (χ0v) is 12.4. The second kappa shape index (κ2) is 5.85. The largest absolute Gasteiger partial charge is 0.338 e. The number of amides is 2. The number of hydrogen-bond acceptors (Lipinski definition) is 2. The van der Waals surface area contributed by atoms with E-state index in [2.05, 4.69) is 16.7 Å². The molecular formula is C16H17FN2OS. The molecule has 1 aliphatic carbocycles. The molecule has 1 saturated carbocycles.